The fourth-order valence-electron chi connectivity index (χ4n) is 1.11. The van der Waals surface area contributed by atoms with Gasteiger partial charge in [-0.15, -0.1) is 0 Å². The van der Waals surface area contributed by atoms with E-state index >= 15 is 0 Å². The lowest BCUT2D eigenvalue weighted by molar-refractivity contribution is 0.350. The van der Waals surface area contributed by atoms with Gasteiger partial charge in [-0.3, -0.25) is 0 Å². The van der Waals surface area contributed by atoms with Crippen molar-refractivity contribution in [1.82, 2.24) is 0 Å². The van der Waals surface area contributed by atoms with E-state index in [1.807, 2.05) is 26.0 Å². The largest absolute Gasteiger partial charge is 0.399 e. The van der Waals surface area contributed by atoms with Crippen LogP contribution in [0.4, 0.5) is 5.69 Å². The molecule has 3 N–H and O–H groups in total. The normalized spacial score (nSPS) is 9.15. The average molecular weight is 175 g/mol. The van der Waals surface area contributed by atoms with Gasteiger partial charge in [0.25, 0.3) is 0 Å². The van der Waals surface area contributed by atoms with Crippen LogP contribution in [0.1, 0.15) is 16.7 Å². The van der Waals surface area contributed by atoms with E-state index in [2.05, 4.69) is 11.8 Å². The van der Waals surface area contributed by atoms with Crippen LogP contribution in [0.5, 0.6) is 0 Å². The Morgan fingerprint density at radius 1 is 1.31 bits per heavy atom. The zero-order chi connectivity index (χ0) is 9.84. The van der Waals surface area contributed by atoms with Crippen molar-refractivity contribution in [3.8, 4) is 11.8 Å². The van der Waals surface area contributed by atoms with Crippen molar-refractivity contribution in [3.63, 3.8) is 0 Å². The number of aryl methyl sites for hydroxylation is 2. The molecule has 1 aromatic rings. The van der Waals surface area contributed by atoms with Gasteiger partial charge >= 0.3 is 0 Å². The van der Waals surface area contributed by atoms with E-state index in [1.54, 1.807) is 0 Å². The minimum Gasteiger partial charge on any atom is -0.399 e. The highest BCUT2D eigenvalue weighted by atomic mass is 16.2. The lowest BCUT2D eigenvalue weighted by Gasteiger charge is -2.03. The molecular formula is C11H13NO. The first-order chi connectivity index (χ1) is 6.15. The maximum atomic E-state index is 8.54. The molecule has 0 saturated heterocycles. The molecule has 0 unspecified atom stereocenters. The van der Waals surface area contributed by atoms with E-state index in [4.69, 9.17) is 10.8 Å². The van der Waals surface area contributed by atoms with Gasteiger partial charge < -0.3 is 10.8 Å². The van der Waals surface area contributed by atoms with E-state index in [0.717, 1.165) is 22.4 Å². The molecule has 0 aromatic heterocycles. The highest BCUT2D eigenvalue weighted by Gasteiger charge is 1.98. The van der Waals surface area contributed by atoms with Gasteiger partial charge in [-0.1, -0.05) is 11.8 Å². The number of anilines is 1. The summed E-state index contributed by atoms with van der Waals surface area (Å²) < 4.78 is 0. The van der Waals surface area contributed by atoms with E-state index in [1.165, 1.54) is 0 Å². The van der Waals surface area contributed by atoms with Crippen LogP contribution in [-0.4, -0.2) is 11.7 Å². The Morgan fingerprint density at radius 2 is 2.00 bits per heavy atom. The van der Waals surface area contributed by atoms with Gasteiger partial charge in [0.1, 0.15) is 6.61 Å². The van der Waals surface area contributed by atoms with Crippen molar-refractivity contribution >= 4 is 5.69 Å². The summed E-state index contributed by atoms with van der Waals surface area (Å²) in [6.45, 7) is 3.79. The van der Waals surface area contributed by atoms with Crippen LogP contribution in [0.25, 0.3) is 0 Å². The van der Waals surface area contributed by atoms with Crippen molar-refractivity contribution in [2.45, 2.75) is 13.8 Å². The van der Waals surface area contributed by atoms with Gasteiger partial charge in [0.2, 0.25) is 0 Å². The van der Waals surface area contributed by atoms with Crippen molar-refractivity contribution in [2.75, 3.05) is 12.3 Å². The topological polar surface area (TPSA) is 46.2 Å². The SMILES string of the molecule is Cc1cc(C#CCO)c(C)cc1N. The summed E-state index contributed by atoms with van der Waals surface area (Å²) in [6.07, 6.45) is 0. The Bertz CT molecular complexity index is 372. The minimum atomic E-state index is -0.108. The monoisotopic (exact) mass is 175 g/mol. The van der Waals surface area contributed by atoms with Crippen LogP contribution in [0.3, 0.4) is 0 Å². The van der Waals surface area contributed by atoms with Gasteiger partial charge in [0.15, 0.2) is 0 Å². The van der Waals surface area contributed by atoms with Crippen molar-refractivity contribution in [1.29, 1.82) is 0 Å². The zero-order valence-electron chi connectivity index (χ0n) is 7.89. The maximum absolute atomic E-state index is 8.54. The first kappa shape index (κ1) is 9.63. The first-order valence-corrected chi connectivity index (χ1v) is 4.11. The summed E-state index contributed by atoms with van der Waals surface area (Å²) in [7, 11) is 0. The Morgan fingerprint density at radius 3 is 2.62 bits per heavy atom. The van der Waals surface area contributed by atoms with Crippen LogP contribution >= 0.6 is 0 Å². The summed E-state index contributed by atoms with van der Waals surface area (Å²) in [5.74, 6) is 5.49. The number of rotatable bonds is 0. The molecule has 0 spiro atoms. The number of aliphatic hydroxyl groups excluding tert-OH is 1. The molecule has 0 fully saturated rings. The molecule has 2 heteroatoms. The molecule has 0 aliphatic carbocycles. The maximum Gasteiger partial charge on any atom is 0.104 e. The van der Waals surface area contributed by atoms with Crippen molar-refractivity contribution < 1.29 is 5.11 Å². The number of benzene rings is 1. The minimum absolute atomic E-state index is 0.108. The molecular weight excluding hydrogens is 162 g/mol. The van der Waals surface area contributed by atoms with E-state index < -0.39 is 0 Å². The van der Waals surface area contributed by atoms with Gasteiger partial charge in [0, 0.05) is 11.3 Å². The molecule has 2 nitrogen and oxygen atoms in total. The molecule has 68 valence electrons. The van der Waals surface area contributed by atoms with Crippen LogP contribution in [0, 0.1) is 25.7 Å². The fraction of sp³-hybridized carbons (Fsp3) is 0.273. The van der Waals surface area contributed by atoms with Crippen LogP contribution in [0.15, 0.2) is 12.1 Å². The molecule has 0 saturated carbocycles. The third kappa shape index (κ3) is 2.24. The second kappa shape index (κ2) is 3.97. The summed E-state index contributed by atoms with van der Waals surface area (Å²) >= 11 is 0. The number of hydrogen-bond donors (Lipinski definition) is 2. The van der Waals surface area contributed by atoms with E-state index in [0.29, 0.717) is 0 Å². The van der Waals surface area contributed by atoms with Crippen molar-refractivity contribution in [2.24, 2.45) is 0 Å². The Hall–Kier alpha value is -1.46. The molecule has 0 bridgehead atoms. The average Bonchev–Trinajstić information content (AvgIpc) is 2.09. The van der Waals surface area contributed by atoms with Gasteiger partial charge in [-0.2, -0.15) is 0 Å². The molecule has 0 atom stereocenters. The predicted molar refractivity (Wildman–Crippen MR) is 54.3 cm³/mol. The predicted octanol–water partition coefficient (Wildman–Crippen LogP) is 1.23. The van der Waals surface area contributed by atoms with Crippen LogP contribution < -0.4 is 5.73 Å². The fourth-order valence-corrected chi connectivity index (χ4v) is 1.11. The molecule has 1 rings (SSSR count). The van der Waals surface area contributed by atoms with E-state index in [9.17, 15) is 0 Å². The quantitative estimate of drug-likeness (QED) is 0.460. The second-order valence-corrected chi connectivity index (χ2v) is 2.98. The molecule has 1 aromatic carbocycles. The summed E-state index contributed by atoms with van der Waals surface area (Å²) in [5, 5.41) is 8.54. The highest BCUT2D eigenvalue weighted by Crippen LogP contribution is 2.16. The molecule has 0 heterocycles. The molecule has 0 amide bonds. The van der Waals surface area contributed by atoms with Gasteiger partial charge in [0.05, 0.1) is 0 Å². The number of hydrogen-bond acceptors (Lipinski definition) is 2. The third-order valence-electron chi connectivity index (χ3n) is 1.92. The summed E-state index contributed by atoms with van der Waals surface area (Å²) in [4.78, 5) is 0. The summed E-state index contributed by atoms with van der Waals surface area (Å²) in [5.41, 5.74) is 9.50. The molecule has 13 heavy (non-hydrogen) atoms. The van der Waals surface area contributed by atoms with Gasteiger partial charge in [-0.25, -0.2) is 0 Å². The Kier molecular flexibility index (Phi) is 2.94. The molecule has 0 aliphatic heterocycles. The molecule has 0 radical (unpaired) electrons. The van der Waals surface area contributed by atoms with Crippen LogP contribution in [0.2, 0.25) is 0 Å². The first-order valence-electron chi connectivity index (χ1n) is 4.11. The molecule has 0 aliphatic rings. The highest BCUT2D eigenvalue weighted by molar-refractivity contribution is 5.55. The van der Waals surface area contributed by atoms with Crippen LogP contribution in [-0.2, 0) is 0 Å². The van der Waals surface area contributed by atoms with Crippen molar-refractivity contribution in [3.05, 3.63) is 28.8 Å². The zero-order valence-corrected chi connectivity index (χ0v) is 7.89. The smallest absolute Gasteiger partial charge is 0.104 e. The standard InChI is InChI=1S/C11H13NO/c1-8-7-11(12)9(2)6-10(8)4-3-5-13/h6-7,13H,5,12H2,1-2H3. The van der Waals surface area contributed by atoms with Gasteiger partial charge in [-0.05, 0) is 37.1 Å². The third-order valence-corrected chi connectivity index (χ3v) is 1.92. The number of aliphatic hydroxyl groups is 1. The number of nitrogens with two attached hydrogens (primary N) is 1. The summed E-state index contributed by atoms with van der Waals surface area (Å²) in [6, 6.07) is 3.84. The van der Waals surface area contributed by atoms with E-state index in [-0.39, 0.29) is 6.61 Å². The second-order valence-electron chi connectivity index (χ2n) is 2.98. The Labute approximate surface area is 78.4 Å². The lowest BCUT2D eigenvalue weighted by Crippen LogP contribution is -1.93. The Balaban J connectivity index is 3.16. The lowest BCUT2D eigenvalue weighted by atomic mass is 10.0. The number of nitrogen functional groups attached to an aromatic ring is 1.